The van der Waals surface area contributed by atoms with Gasteiger partial charge >= 0.3 is 0 Å². The van der Waals surface area contributed by atoms with Crippen LogP contribution in [0.1, 0.15) is 36.5 Å². The number of amides is 2. The van der Waals surface area contributed by atoms with Gasteiger partial charge in [-0.3, -0.25) is 9.59 Å². The standard InChI is InChI=1S/C16H23N3O5S/c1-10(2)6-15(20)18-4-5-19(14-9-25(22,23)8-13(14)18)16(21)12-7-11(3)24-17-12/h7,10,13-14H,4-6,8-9H2,1-3H3. The van der Waals surface area contributed by atoms with E-state index in [-0.39, 0.29) is 34.9 Å². The van der Waals surface area contributed by atoms with Crippen molar-refractivity contribution in [2.45, 2.75) is 39.3 Å². The second-order valence-electron chi connectivity index (χ2n) is 7.22. The Hall–Kier alpha value is -1.90. The highest BCUT2D eigenvalue weighted by Gasteiger charge is 2.49. The molecule has 3 rings (SSSR count). The molecular weight excluding hydrogens is 346 g/mol. The molecule has 2 aliphatic heterocycles. The van der Waals surface area contributed by atoms with E-state index in [2.05, 4.69) is 5.16 Å². The van der Waals surface area contributed by atoms with Crippen LogP contribution in [0.2, 0.25) is 0 Å². The Balaban J connectivity index is 1.85. The number of aromatic nitrogens is 1. The Morgan fingerprint density at radius 1 is 1.24 bits per heavy atom. The zero-order valence-corrected chi connectivity index (χ0v) is 15.5. The molecular formula is C16H23N3O5S. The molecule has 0 N–H and O–H groups in total. The second kappa shape index (κ2) is 6.44. The van der Waals surface area contributed by atoms with E-state index in [0.29, 0.717) is 25.3 Å². The van der Waals surface area contributed by atoms with Crippen molar-refractivity contribution in [1.29, 1.82) is 0 Å². The summed E-state index contributed by atoms with van der Waals surface area (Å²) in [5, 5.41) is 3.74. The van der Waals surface area contributed by atoms with Crippen molar-refractivity contribution in [3.63, 3.8) is 0 Å². The Labute approximate surface area is 147 Å². The fourth-order valence-corrected chi connectivity index (χ4v) is 5.58. The Morgan fingerprint density at radius 2 is 1.84 bits per heavy atom. The lowest BCUT2D eigenvalue weighted by Crippen LogP contribution is -2.62. The number of aryl methyl sites for hydroxylation is 1. The summed E-state index contributed by atoms with van der Waals surface area (Å²) in [6.07, 6.45) is 0.375. The highest BCUT2D eigenvalue weighted by Crippen LogP contribution is 2.29. The molecule has 3 heterocycles. The molecule has 0 radical (unpaired) electrons. The molecule has 1 aromatic rings. The van der Waals surface area contributed by atoms with Crippen LogP contribution >= 0.6 is 0 Å². The maximum Gasteiger partial charge on any atom is 0.276 e. The van der Waals surface area contributed by atoms with E-state index < -0.39 is 21.9 Å². The molecule has 25 heavy (non-hydrogen) atoms. The first-order valence-corrected chi connectivity index (χ1v) is 10.2. The van der Waals surface area contributed by atoms with Crippen molar-refractivity contribution in [3.05, 3.63) is 17.5 Å². The molecule has 2 fully saturated rings. The Morgan fingerprint density at radius 3 is 2.40 bits per heavy atom. The van der Waals surface area contributed by atoms with Crippen molar-refractivity contribution in [2.75, 3.05) is 24.6 Å². The minimum atomic E-state index is -3.30. The predicted molar refractivity (Wildman–Crippen MR) is 89.7 cm³/mol. The summed E-state index contributed by atoms with van der Waals surface area (Å²) in [7, 11) is -3.30. The van der Waals surface area contributed by atoms with Gasteiger partial charge in [-0.25, -0.2) is 8.42 Å². The lowest BCUT2D eigenvalue weighted by atomic mass is 10.0. The van der Waals surface area contributed by atoms with Crippen molar-refractivity contribution < 1.29 is 22.5 Å². The summed E-state index contributed by atoms with van der Waals surface area (Å²) in [6.45, 7) is 6.23. The average molecular weight is 369 g/mol. The van der Waals surface area contributed by atoms with Gasteiger partial charge in [-0.15, -0.1) is 0 Å². The van der Waals surface area contributed by atoms with Crippen LogP contribution < -0.4 is 0 Å². The van der Waals surface area contributed by atoms with Crippen molar-refractivity contribution in [3.8, 4) is 0 Å². The topological polar surface area (TPSA) is 101 Å². The number of rotatable bonds is 3. The Bertz CT molecular complexity index is 785. The zero-order valence-electron chi connectivity index (χ0n) is 14.6. The van der Waals surface area contributed by atoms with E-state index in [9.17, 15) is 18.0 Å². The van der Waals surface area contributed by atoms with Gasteiger partial charge in [-0.05, 0) is 12.8 Å². The van der Waals surface area contributed by atoms with Gasteiger partial charge in [0, 0.05) is 25.6 Å². The maximum atomic E-state index is 12.7. The van der Waals surface area contributed by atoms with Crippen LogP contribution in [0.4, 0.5) is 0 Å². The van der Waals surface area contributed by atoms with Crippen LogP contribution in [-0.2, 0) is 14.6 Å². The molecule has 2 amide bonds. The molecule has 138 valence electrons. The molecule has 2 atom stereocenters. The summed E-state index contributed by atoms with van der Waals surface area (Å²) in [4.78, 5) is 28.4. The normalized spacial score (nSPS) is 25.3. The monoisotopic (exact) mass is 369 g/mol. The average Bonchev–Trinajstić information content (AvgIpc) is 3.06. The fraction of sp³-hybridized carbons (Fsp3) is 0.688. The quantitative estimate of drug-likeness (QED) is 0.768. The first-order chi connectivity index (χ1) is 11.7. The van der Waals surface area contributed by atoms with Crippen LogP contribution in [-0.4, -0.2) is 71.9 Å². The minimum absolute atomic E-state index is 0.0496. The van der Waals surface area contributed by atoms with Gasteiger partial charge in [0.15, 0.2) is 15.5 Å². The van der Waals surface area contributed by atoms with Crippen LogP contribution in [0.5, 0.6) is 0 Å². The molecule has 9 heteroatoms. The number of carbonyl (C=O) groups is 2. The summed E-state index contributed by atoms with van der Waals surface area (Å²) >= 11 is 0. The molecule has 2 aliphatic rings. The Kier molecular flexibility index (Phi) is 4.61. The number of carbonyl (C=O) groups excluding carboxylic acids is 2. The van der Waals surface area contributed by atoms with Gasteiger partial charge in [0.2, 0.25) is 5.91 Å². The smallest absolute Gasteiger partial charge is 0.276 e. The first-order valence-electron chi connectivity index (χ1n) is 8.42. The molecule has 8 nitrogen and oxygen atoms in total. The van der Waals surface area contributed by atoms with Crippen LogP contribution in [0.15, 0.2) is 10.6 Å². The lowest BCUT2D eigenvalue weighted by molar-refractivity contribution is -0.137. The van der Waals surface area contributed by atoms with Gasteiger partial charge < -0.3 is 14.3 Å². The molecule has 0 spiro atoms. The van der Waals surface area contributed by atoms with E-state index in [1.165, 1.54) is 11.0 Å². The maximum absolute atomic E-state index is 12.7. The third kappa shape index (κ3) is 3.56. The molecule has 0 saturated carbocycles. The van der Waals surface area contributed by atoms with Gasteiger partial charge in [0.1, 0.15) is 5.76 Å². The molecule has 2 unspecified atom stereocenters. The van der Waals surface area contributed by atoms with Gasteiger partial charge in [-0.1, -0.05) is 19.0 Å². The van der Waals surface area contributed by atoms with E-state index in [0.717, 1.165) is 0 Å². The van der Waals surface area contributed by atoms with Gasteiger partial charge in [0.05, 0.1) is 23.6 Å². The third-order valence-electron chi connectivity index (χ3n) is 4.69. The molecule has 0 aliphatic carbocycles. The number of piperazine rings is 1. The molecule has 0 bridgehead atoms. The number of sulfone groups is 1. The van der Waals surface area contributed by atoms with Crippen LogP contribution in [0, 0.1) is 12.8 Å². The second-order valence-corrected chi connectivity index (χ2v) is 9.37. The predicted octanol–water partition coefficient (Wildman–Crippen LogP) is 0.479. The van der Waals surface area contributed by atoms with Crippen LogP contribution in [0.25, 0.3) is 0 Å². The van der Waals surface area contributed by atoms with Crippen LogP contribution in [0.3, 0.4) is 0 Å². The number of nitrogens with zero attached hydrogens (tertiary/aromatic N) is 3. The van der Waals surface area contributed by atoms with Gasteiger partial charge in [0.25, 0.3) is 5.91 Å². The summed E-state index contributed by atoms with van der Waals surface area (Å²) in [5.41, 5.74) is 0.169. The molecule has 1 aromatic heterocycles. The minimum Gasteiger partial charge on any atom is -0.361 e. The van der Waals surface area contributed by atoms with Crippen molar-refractivity contribution in [2.24, 2.45) is 5.92 Å². The SMILES string of the molecule is Cc1cc(C(=O)N2CCN(C(=O)CC(C)C)C3CS(=O)(=O)CC32)no1. The fourth-order valence-electron chi connectivity index (χ4n) is 3.60. The van der Waals surface area contributed by atoms with E-state index in [1.807, 2.05) is 13.8 Å². The van der Waals surface area contributed by atoms with Gasteiger partial charge in [-0.2, -0.15) is 0 Å². The highest BCUT2D eigenvalue weighted by atomic mass is 32.2. The van der Waals surface area contributed by atoms with E-state index >= 15 is 0 Å². The highest BCUT2D eigenvalue weighted by molar-refractivity contribution is 7.91. The first kappa shape index (κ1) is 17.9. The third-order valence-corrected chi connectivity index (χ3v) is 6.39. The zero-order chi connectivity index (χ0) is 18.4. The van der Waals surface area contributed by atoms with Crippen molar-refractivity contribution >= 4 is 21.7 Å². The molecule has 0 aromatic carbocycles. The summed E-state index contributed by atoms with van der Waals surface area (Å²) < 4.78 is 29.3. The molecule has 2 saturated heterocycles. The van der Waals surface area contributed by atoms with Crippen molar-refractivity contribution in [1.82, 2.24) is 15.0 Å². The summed E-state index contributed by atoms with van der Waals surface area (Å²) in [6, 6.07) is 0.526. The van der Waals surface area contributed by atoms with E-state index in [4.69, 9.17) is 4.52 Å². The number of hydrogen-bond acceptors (Lipinski definition) is 6. The number of fused-ring (bicyclic) bond motifs is 1. The van der Waals surface area contributed by atoms with E-state index in [1.54, 1.807) is 11.8 Å². The number of hydrogen-bond donors (Lipinski definition) is 0. The summed E-state index contributed by atoms with van der Waals surface area (Å²) in [5.74, 6) is 0.104. The largest absolute Gasteiger partial charge is 0.361 e. The lowest BCUT2D eigenvalue weighted by Gasteiger charge is -2.43.